The van der Waals surface area contributed by atoms with Crippen LogP contribution in [0.15, 0.2) is 30.3 Å². The maximum atomic E-state index is 12.4. The standard InChI is InChI=1S/C21H29N3O3/c1-27-19-11-5-2-7-16(19)8-6-13-24-14-12-22-21(26)18(24)15-20(25)23-17-9-3-4-10-17/h2,5-8,11,17-18H,3-4,9-10,12-15H2,1H3,(H,22,26)(H,23,25). The zero-order valence-electron chi connectivity index (χ0n) is 15.9. The second-order valence-electron chi connectivity index (χ2n) is 7.20. The summed E-state index contributed by atoms with van der Waals surface area (Å²) in [6.07, 6.45) is 8.69. The zero-order chi connectivity index (χ0) is 19.1. The first-order chi connectivity index (χ1) is 13.2. The van der Waals surface area contributed by atoms with Gasteiger partial charge in [-0.1, -0.05) is 43.2 Å². The molecule has 1 aromatic carbocycles. The second kappa shape index (κ2) is 9.55. The molecule has 146 valence electrons. The molecule has 1 aliphatic heterocycles. The fourth-order valence-electron chi connectivity index (χ4n) is 3.85. The summed E-state index contributed by atoms with van der Waals surface area (Å²) < 4.78 is 5.36. The quantitative estimate of drug-likeness (QED) is 0.769. The summed E-state index contributed by atoms with van der Waals surface area (Å²) in [7, 11) is 1.65. The Hall–Kier alpha value is -2.34. The number of para-hydroxylation sites is 1. The van der Waals surface area contributed by atoms with Crippen molar-refractivity contribution in [3.63, 3.8) is 0 Å². The lowest BCUT2D eigenvalue weighted by molar-refractivity contribution is -0.133. The summed E-state index contributed by atoms with van der Waals surface area (Å²) in [4.78, 5) is 26.8. The Morgan fingerprint density at radius 3 is 2.89 bits per heavy atom. The molecule has 2 amide bonds. The van der Waals surface area contributed by atoms with Crippen molar-refractivity contribution in [2.75, 3.05) is 26.7 Å². The third kappa shape index (κ3) is 5.32. The highest BCUT2D eigenvalue weighted by molar-refractivity contribution is 5.89. The molecule has 6 heteroatoms. The van der Waals surface area contributed by atoms with E-state index in [0.29, 0.717) is 13.1 Å². The van der Waals surface area contributed by atoms with Crippen LogP contribution in [0.25, 0.3) is 6.08 Å². The van der Waals surface area contributed by atoms with Gasteiger partial charge >= 0.3 is 0 Å². The number of hydrogen-bond acceptors (Lipinski definition) is 4. The summed E-state index contributed by atoms with van der Waals surface area (Å²) >= 11 is 0. The normalized spacial score (nSPS) is 21.4. The van der Waals surface area contributed by atoms with Crippen molar-refractivity contribution in [1.29, 1.82) is 0 Å². The number of nitrogens with one attached hydrogen (secondary N) is 2. The largest absolute Gasteiger partial charge is 0.496 e. The fourth-order valence-corrected chi connectivity index (χ4v) is 3.85. The van der Waals surface area contributed by atoms with Gasteiger partial charge in [0.1, 0.15) is 5.75 Å². The maximum Gasteiger partial charge on any atom is 0.237 e. The minimum atomic E-state index is -0.414. The molecule has 1 unspecified atom stereocenters. The van der Waals surface area contributed by atoms with E-state index in [9.17, 15) is 9.59 Å². The maximum absolute atomic E-state index is 12.4. The third-order valence-electron chi connectivity index (χ3n) is 5.32. The van der Waals surface area contributed by atoms with Gasteiger partial charge in [0, 0.05) is 31.2 Å². The van der Waals surface area contributed by atoms with Gasteiger partial charge in [-0.05, 0) is 18.9 Å². The van der Waals surface area contributed by atoms with E-state index < -0.39 is 6.04 Å². The van der Waals surface area contributed by atoms with Gasteiger partial charge in [-0.25, -0.2) is 0 Å². The molecule has 1 heterocycles. The summed E-state index contributed by atoms with van der Waals surface area (Å²) in [5, 5.41) is 5.97. The lowest BCUT2D eigenvalue weighted by Gasteiger charge is -2.34. The average molecular weight is 371 g/mol. The molecule has 1 aromatic rings. The summed E-state index contributed by atoms with van der Waals surface area (Å²) in [5.74, 6) is 0.730. The Labute approximate surface area is 161 Å². The van der Waals surface area contributed by atoms with E-state index in [4.69, 9.17) is 4.74 Å². The highest BCUT2D eigenvalue weighted by atomic mass is 16.5. The molecule has 2 aliphatic rings. The topological polar surface area (TPSA) is 70.7 Å². The van der Waals surface area contributed by atoms with Crippen molar-refractivity contribution < 1.29 is 14.3 Å². The highest BCUT2D eigenvalue weighted by Crippen LogP contribution is 2.20. The molecule has 3 rings (SSSR count). The van der Waals surface area contributed by atoms with Crippen molar-refractivity contribution >= 4 is 17.9 Å². The van der Waals surface area contributed by atoms with Crippen LogP contribution in [0.2, 0.25) is 0 Å². The van der Waals surface area contributed by atoms with Crippen LogP contribution >= 0.6 is 0 Å². The van der Waals surface area contributed by atoms with Gasteiger partial charge in [0.2, 0.25) is 11.8 Å². The number of hydrogen-bond donors (Lipinski definition) is 2. The lowest BCUT2D eigenvalue weighted by atomic mass is 10.1. The van der Waals surface area contributed by atoms with Gasteiger partial charge in [-0.3, -0.25) is 14.5 Å². The van der Waals surface area contributed by atoms with Crippen molar-refractivity contribution in [1.82, 2.24) is 15.5 Å². The molecule has 2 N–H and O–H groups in total. The monoisotopic (exact) mass is 371 g/mol. The smallest absolute Gasteiger partial charge is 0.237 e. The van der Waals surface area contributed by atoms with Crippen LogP contribution in [0.4, 0.5) is 0 Å². The lowest BCUT2D eigenvalue weighted by Crippen LogP contribution is -2.56. The van der Waals surface area contributed by atoms with E-state index in [1.807, 2.05) is 36.4 Å². The van der Waals surface area contributed by atoms with Crippen LogP contribution in [0, 0.1) is 0 Å². The molecule has 1 saturated carbocycles. The Morgan fingerprint density at radius 1 is 1.33 bits per heavy atom. The predicted molar refractivity (Wildman–Crippen MR) is 105 cm³/mol. The van der Waals surface area contributed by atoms with Crippen LogP contribution in [-0.2, 0) is 9.59 Å². The van der Waals surface area contributed by atoms with Crippen LogP contribution in [-0.4, -0.2) is 55.5 Å². The van der Waals surface area contributed by atoms with E-state index in [1.54, 1.807) is 7.11 Å². The van der Waals surface area contributed by atoms with Gasteiger partial charge in [0.25, 0.3) is 0 Å². The molecular formula is C21H29N3O3. The Morgan fingerprint density at radius 2 is 2.11 bits per heavy atom. The van der Waals surface area contributed by atoms with E-state index in [2.05, 4.69) is 15.5 Å². The summed E-state index contributed by atoms with van der Waals surface area (Å²) in [6, 6.07) is 7.68. The van der Waals surface area contributed by atoms with Crippen LogP contribution in [0.1, 0.15) is 37.7 Å². The van der Waals surface area contributed by atoms with Crippen LogP contribution < -0.4 is 15.4 Å². The number of carbonyl (C=O) groups is 2. The van der Waals surface area contributed by atoms with Crippen molar-refractivity contribution in [3.8, 4) is 5.75 Å². The molecule has 0 aromatic heterocycles. The minimum absolute atomic E-state index is 0.0253. The summed E-state index contributed by atoms with van der Waals surface area (Å²) in [5.41, 5.74) is 0.997. The van der Waals surface area contributed by atoms with E-state index in [-0.39, 0.29) is 24.3 Å². The van der Waals surface area contributed by atoms with Crippen LogP contribution in [0.3, 0.4) is 0 Å². The number of benzene rings is 1. The molecule has 27 heavy (non-hydrogen) atoms. The van der Waals surface area contributed by atoms with Crippen molar-refractivity contribution in [2.45, 2.75) is 44.2 Å². The molecule has 1 saturated heterocycles. The number of carbonyl (C=O) groups excluding carboxylic acids is 2. The molecule has 6 nitrogen and oxygen atoms in total. The van der Waals surface area contributed by atoms with E-state index in [0.717, 1.165) is 30.7 Å². The Kier molecular flexibility index (Phi) is 6.87. The molecule has 2 fully saturated rings. The van der Waals surface area contributed by atoms with E-state index in [1.165, 1.54) is 12.8 Å². The number of rotatable bonds is 7. The van der Waals surface area contributed by atoms with Gasteiger partial charge in [0.15, 0.2) is 0 Å². The van der Waals surface area contributed by atoms with Gasteiger partial charge in [-0.2, -0.15) is 0 Å². The number of methoxy groups -OCH3 is 1. The van der Waals surface area contributed by atoms with Crippen LogP contribution in [0.5, 0.6) is 5.75 Å². The zero-order valence-corrected chi connectivity index (χ0v) is 15.9. The van der Waals surface area contributed by atoms with Gasteiger partial charge in [-0.15, -0.1) is 0 Å². The number of ether oxygens (including phenoxy) is 1. The summed E-state index contributed by atoms with van der Waals surface area (Å²) in [6.45, 7) is 1.97. The van der Waals surface area contributed by atoms with Gasteiger partial charge in [0.05, 0.1) is 19.6 Å². The first-order valence-electron chi connectivity index (χ1n) is 9.78. The number of amides is 2. The third-order valence-corrected chi connectivity index (χ3v) is 5.32. The highest BCUT2D eigenvalue weighted by Gasteiger charge is 2.31. The average Bonchev–Trinajstić information content (AvgIpc) is 3.17. The Bertz CT molecular complexity index is 683. The predicted octanol–water partition coefficient (Wildman–Crippen LogP) is 1.96. The molecule has 1 atom stereocenters. The second-order valence-corrected chi connectivity index (χ2v) is 7.20. The number of piperazine rings is 1. The molecular weight excluding hydrogens is 342 g/mol. The molecule has 1 aliphatic carbocycles. The number of nitrogens with zero attached hydrogens (tertiary/aromatic N) is 1. The first kappa shape index (κ1) is 19.4. The Balaban J connectivity index is 1.59. The minimum Gasteiger partial charge on any atom is -0.496 e. The molecule has 0 spiro atoms. The van der Waals surface area contributed by atoms with E-state index >= 15 is 0 Å². The first-order valence-corrected chi connectivity index (χ1v) is 9.78. The molecule has 0 bridgehead atoms. The van der Waals surface area contributed by atoms with Crippen molar-refractivity contribution in [2.24, 2.45) is 0 Å². The molecule has 0 radical (unpaired) electrons. The SMILES string of the molecule is COc1ccccc1C=CCN1CCNC(=O)C1CC(=O)NC1CCCC1. The fraction of sp³-hybridized carbons (Fsp3) is 0.524. The van der Waals surface area contributed by atoms with Crippen molar-refractivity contribution in [3.05, 3.63) is 35.9 Å². The van der Waals surface area contributed by atoms with Gasteiger partial charge < -0.3 is 15.4 Å².